The molecule has 4 nitrogen and oxygen atoms in total. The van der Waals surface area contributed by atoms with Crippen molar-refractivity contribution < 1.29 is 9.84 Å². The molecule has 0 spiro atoms. The van der Waals surface area contributed by atoms with Crippen LogP contribution in [0.25, 0.3) is 0 Å². The lowest BCUT2D eigenvalue weighted by atomic mass is 10.0. The van der Waals surface area contributed by atoms with Crippen LogP contribution in [-0.2, 0) is 0 Å². The fourth-order valence-electron chi connectivity index (χ4n) is 2.41. The van der Waals surface area contributed by atoms with E-state index < -0.39 is 0 Å². The van der Waals surface area contributed by atoms with Gasteiger partial charge in [0.1, 0.15) is 5.71 Å². The van der Waals surface area contributed by atoms with Gasteiger partial charge < -0.3 is 9.84 Å². The van der Waals surface area contributed by atoms with E-state index in [0.29, 0.717) is 5.75 Å². The summed E-state index contributed by atoms with van der Waals surface area (Å²) in [5, 5.41) is 18.4. The van der Waals surface area contributed by atoms with Crippen LogP contribution in [0.3, 0.4) is 0 Å². The number of benzene rings is 3. The number of phenolic OH excluding ortho intramolecular Hbond substituents is 1. The van der Waals surface area contributed by atoms with Crippen molar-refractivity contribution in [2.75, 3.05) is 7.11 Å². The predicted molar refractivity (Wildman–Crippen MR) is 101 cm³/mol. The van der Waals surface area contributed by atoms with Crippen molar-refractivity contribution in [2.45, 2.75) is 0 Å². The minimum Gasteiger partial charge on any atom is -0.504 e. The third-order valence-corrected chi connectivity index (χ3v) is 3.66. The molecule has 3 aromatic carbocycles. The zero-order chi connectivity index (χ0) is 17.5. The summed E-state index contributed by atoms with van der Waals surface area (Å²) in [6.07, 6.45) is 1.60. The fraction of sp³-hybridized carbons (Fsp3) is 0.0476. The molecule has 0 saturated heterocycles. The summed E-state index contributed by atoms with van der Waals surface area (Å²) in [7, 11) is 1.51. The number of methoxy groups -OCH3 is 1. The molecule has 0 amide bonds. The summed E-state index contributed by atoms with van der Waals surface area (Å²) in [5.74, 6) is 0.497. The average Bonchev–Trinajstić information content (AvgIpc) is 2.67. The van der Waals surface area contributed by atoms with Gasteiger partial charge in [0.15, 0.2) is 11.5 Å². The van der Waals surface area contributed by atoms with Crippen molar-refractivity contribution in [3.05, 3.63) is 95.6 Å². The summed E-state index contributed by atoms with van der Waals surface area (Å²) in [6, 6.07) is 24.9. The SMILES string of the molecule is COc1ccc(/C=N/N=C(c2ccccc2)c2ccccc2)cc1O. The Kier molecular flexibility index (Phi) is 5.22. The second-order valence-electron chi connectivity index (χ2n) is 5.36. The van der Waals surface area contributed by atoms with Gasteiger partial charge in [0.25, 0.3) is 0 Å². The molecular weight excluding hydrogens is 312 g/mol. The maximum Gasteiger partial charge on any atom is 0.160 e. The summed E-state index contributed by atoms with van der Waals surface area (Å²) in [4.78, 5) is 0. The van der Waals surface area contributed by atoms with E-state index in [4.69, 9.17) is 4.74 Å². The van der Waals surface area contributed by atoms with E-state index in [-0.39, 0.29) is 5.75 Å². The zero-order valence-electron chi connectivity index (χ0n) is 13.8. The van der Waals surface area contributed by atoms with E-state index in [0.717, 1.165) is 22.4 Å². The number of rotatable bonds is 5. The van der Waals surface area contributed by atoms with Crippen LogP contribution in [0.15, 0.2) is 89.1 Å². The van der Waals surface area contributed by atoms with Gasteiger partial charge in [-0.3, -0.25) is 0 Å². The molecule has 0 fully saturated rings. The Labute approximate surface area is 146 Å². The van der Waals surface area contributed by atoms with Gasteiger partial charge in [-0.25, -0.2) is 0 Å². The largest absolute Gasteiger partial charge is 0.504 e. The average molecular weight is 330 g/mol. The van der Waals surface area contributed by atoms with Crippen molar-refractivity contribution in [3.63, 3.8) is 0 Å². The molecule has 4 heteroatoms. The van der Waals surface area contributed by atoms with Gasteiger partial charge in [-0.2, -0.15) is 5.10 Å². The molecule has 0 aliphatic rings. The van der Waals surface area contributed by atoms with Gasteiger partial charge in [0.2, 0.25) is 0 Å². The van der Waals surface area contributed by atoms with E-state index >= 15 is 0 Å². The first-order chi connectivity index (χ1) is 12.3. The molecule has 1 N–H and O–H groups in total. The Morgan fingerprint density at radius 2 is 1.48 bits per heavy atom. The Bertz CT molecular complexity index is 847. The first-order valence-corrected chi connectivity index (χ1v) is 7.87. The highest BCUT2D eigenvalue weighted by Gasteiger charge is 2.06. The molecule has 3 rings (SSSR count). The molecule has 0 heterocycles. The van der Waals surface area contributed by atoms with E-state index in [2.05, 4.69) is 10.2 Å². The number of ether oxygens (including phenoxy) is 1. The Morgan fingerprint density at radius 3 is 2.00 bits per heavy atom. The number of phenols is 1. The van der Waals surface area contributed by atoms with Crippen molar-refractivity contribution in [1.82, 2.24) is 0 Å². The number of aromatic hydroxyl groups is 1. The molecular formula is C21H18N2O2. The highest BCUT2D eigenvalue weighted by atomic mass is 16.5. The van der Waals surface area contributed by atoms with Crippen LogP contribution >= 0.6 is 0 Å². The quantitative estimate of drug-likeness (QED) is 0.561. The molecule has 25 heavy (non-hydrogen) atoms. The van der Waals surface area contributed by atoms with E-state index in [1.54, 1.807) is 18.3 Å². The Morgan fingerprint density at radius 1 is 0.880 bits per heavy atom. The van der Waals surface area contributed by atoms with Gasteiger partial charge in [0, 0.05) is 11.1 Å². The van der Waals surface area contributed by atoms with E-state index in [9.17, 15) is 5.11 Å². The second kappa shape index (κ2) is 7.93. The van der Waals surface area contributed by atoms with Gasteiger partial charge in [0.05, 0.1) is 13.3 Å². The molecule has 0 aliphatic carbocycles. The van der Waals surface area contributed by atoms with Gasteiger partial charge >= 0.3 is 0 Å². The van der Waals surface area contributed by atoms with E-state index in [1.165, 1.54) is 7.11 Å². The van der Waals surface area contributed by atoms with Crippen LogP contribution in [0.2, 0.25) is 0 Å². The smallest absolute Gasteiger partial charge is 0.160 e. The summed E-state index contributed by atoms with van der Waals surface area (Å²) in [6.45, 7) is 0. The molecule has 0 radical (unpaired) electrons. The monoisotopic (exact) mass is 330 g/mol. The number of hydrogen-bond acceptors (Lipinski definition) is 4. The van der Waals surface area contributed by atoms with Gasteiger partial charge in [-0.1, -0.05) is 60.7 Å². The van der Waals surface area contributed by atoms with E-state index in [1.807, 2.05) is 66.7 Å². The summed E-state index contributed by atoms with van der Waals surface area (Å²) in [5.41, 5.74) is 3.50. The van der Waals surface area contributed by atoms with Gasteiger partial charge in [-0.05, 0) is 23.8 Å². The normalized spacial score (nSPS) is 10.6. The van der Waals surface area contributed by atoms with Crippen molar-refractivity contribution in [2.24, 2.45) is 10.2 Å². The Balaban J connectivity index is 1.93. The number of nitrogens with zero attached hydrogens (tertiary/aromatic N) is 2. The lowest BCUT2D eigenvalue weighted by Crippen LogP contribution is -2.02. The molecule has 0 aromatic heterocycles. The van der Waals surface area contributed by atoms with Crippen LogP contribution in [-0.4, -0.2) is 24.1 Å². The zero-order valence-corrected chi connectivity index (χ0v) is 13.8. The van der Waals surface area contributed by atoms with Crippen molar-refractivity contribution >= 4 is 11.9 Å². The first kappa shape index (κ1) is 16.5. The molecule has 0 atom stereocenters. The molecule has 0 bridgehead atoms. The fourth-order valence-corrected chi connectivity index (χ4v) is 2.41. The maximum atomic E-state index is 9.83. The molecule has 3 aromatic rings. The minimum atomic E-state index is 0.0711. The van der Waals surface area contributed by atoms with Crippen LogP contribution in [0.1, 0.15) is 16.7 Å². The predicted octanol–water partition coefficient (Wildman–Crippen LogP) is 4.27. The molecule has 0 unspecified atom stereocenters. The summed E-state index contributed by atoms with van der Waals surface area (Å²) >= 11 is 0. The minimum absolute atomic E-state index is 0.0711. The maximum absolute atomic E-state index is 9.83. The van der Waals surface area contributed by atoms with Crippen molar-refractivity contribution in [1.29, 1.82) is 0 Å². The van der Waals surface area contributed by atoms with Crippen molar-refractivity contribution in [3.8, 4) is 11.5 Å². The van der Waals surface area contributed by atoms with Crippen LogP contribution in [0.5, 0.6) is 11.5 Å². The third-order valence-electron chi connectivity index (χ3n) is 3.66. The standard InChI is InChI=1S/C21H18N2O2/c1-25-20-13-12-16(14-19(20)24)15-22-23-21(17-8-4-2-5-9-17)18-10-6-3-7-11-18/h2-15,24H,1H3/b22-15+. The first-order valence-electron chi connectivity index (χ1n) is 7.87. The van der Waals surface area contributed by atoms with Crippen LogP contribution in [0.4, 0.5) is 0 Å². The third kappa shape index (κ3) is 4.12. The highest BCUT2D eigenvalue weighted by molar-refractivity contribution is 6.12. The topological polar surface area (TPSA) is 54.2 Å². The van der Waals surface area contributed by atoms with Crippen LogP contribution < -0.4 is 4.74 Å². The van der Waals surface area contributed by atoms with Crippen LogP contribution in [0, 0.1) is 0 Å². The lowest BCUT2D eigenvalue weighted by molar-refractivity contribution is 0.373. The van der Waals surface area contributed by atoms with Gasteiger partial charge in [-0.15, -0.1) is 5.10 Å². The summed E-state index contributed by atoms with van der Waals surface area (Å²) < 4.78 is 5.04. The molecule has 0 aliphatic heterocycles. The molecule has 124 valence electrons. The Hall–Kier alpha value is -3.40. The lowest BCUT2D eigenvalue weighted by Gasteiger charge is -2.05. The highest BCUT2D eigenvalue weighted by Crippen LogP contribution is 2.25. The second-order valence-corrected chi connectivity index (χ2v) is 5.36. The molecule has 0 saturated carbocycles. The number of hydrogen-bond donors (Lipinski definition) is 1.